The van der Waals surface area contributed by atoms with E-state index in [0.717, 1.165) is 23.1 Å². The first-order valence-electron chi connectivity index (χ1n) is 10.4. The molecular weight excluding hydrogens is 462 g/mol. The molecule has 35 heavy (non-hydrogen) atoms. The maximum Gasteiger partial charge on any atom is 0.325 e. The van der Waals surface area contributed by atoms with Gasteiger partial charge in [0.05, 0.1) is 17.5 Å². The van der Waals surface area contributed by atoms with Gasteiger partial charge in [-0.05, 0) is 55.8 Å². The third-order valence-electron chi connectivity index (χ3n) is 5.60. The van der Waals surface area contributed by atoms with Crippen LogP contribution in [0, 0.1) is 18.6 Å². The molecule has 5 amide bonds. The largest absolute Gasteiger partial charge is 0.469 e. The van der Waals surface area contributed by atoms with E-state index in [4.69, 9.17) is 4.42 Å². The van der Waals surface area contributed by atoms with E-state index in [2.05, 4.69) is 16.0 Å². The average Bonchev–Trinajstić information content (AvgIpc) is 3.33. The number of benzene rings is 2. The zero-order chi connectivity index (χ0) is 25.3. The Hall–Kier alpha value is -4.54. The maximum atomic E-state index is 14.2. The van der Waals surface area contributed by atoms with E-state index < -0.39 is 47.5 Å². The van der Waals surface area contributed by atoms with Gasteiger partial charge in [-0.25, -0.2) is 13.6 Å². The fourth-order valence-electron chi connectivity index (χ4n) is 3.67. The first-order valence-corrected chi connectivity index (χ1v) is 10.4. The number of nitrogens with zero attached hydrogens (tertiary/aromatic N) is 1. The fourth-order valence-corrected chi connectivity index (χ4v) is 3.67. The number of amides is 5. The number of urea groups is 1. The van der Waals surface area contributed by atoms with Crippen molar-refractivity contribution in [3.63, 3.8) is 0 Å². The summed E-state index contributed by atoms with van der Waals surface area (Å²) in [7, 11) is 0. The summed E-state index contributed by atoms with van der Waals surface area (Å²) in [5.41, 5.74) is -0.950. The van der Waals surface area contributed by atoms with Gasteiger partial charge in [-0.2, -0.15) is 0 Å². The minimum absolute atomic E-state index is 0.129. The van der Waals surface area contributed by atoms with Gasteiger partial charge < -0.3 is 20.4 Å². The minimum Gasteiger partial charge on any atom is -0.469 e. The van der Waals surface area contributed by atoms with E-state index in [9.17, 15) is 28.0 Å². The molecule has 180 valence electrons. The van der Waals surface area contributed by atoms with Crippen LogP contribution in [0.2, 0.25) is 0 Å². The summed E-state index contributed by atoms with van der Waals surface area (Å²) in [6, 6.07) is 9.23. The second-order valence-corrected chi connectivity index (χ2v) is 8.04. The van der Waals surface area contributed by atoms with Crippen molar-refractivity contribution >= 4 is 35.1 Å². The number of hydrogen-bond donors (Lipinski definition) is 3. The summed E-state index contributed by atoms with van der Waals surface area (Å²) in [4.78, 5) is 51.0. The minimum atomic E-state index is -1.47. The molecule has 1 fully saturated rings. The van der Waals surface area contributed by atoms with Crippen LogP contribution >= 0.6 is 0 Å². The lowest BCUT2D eigenvalue weighted by atomic mass is 9.92. The van der Waals surface area contributed by atoms with Crippen LogP contribution in [0.3, 0.4) is 0 Å². The SMILES string of the molecule is Cc1occc1C(=O)Nc1cc(NC(=O)CN2C(=O)NC(C)(c3ccc(F)cc3)C2=O)ccc1F. The third kappa shape index (κ3) is 4.60. The van der Waals surface area contributed by atoms with Crippen molar-refractivity contribution in [1.82, 2.24) is 10.2 Å². The zero-order valence-corrected chi connectivity index (χ0v) is 18.6. The predicted molar refractivity (Wildman–Crippen MR) is 120 cm³/mol. The summed E-state index contributed by atoms with van der Waals surface area (Å²) in [5.74, 6) is -2.90. The number of aryl methyl sites for hydroxylation is 1. The van der Waals surface area contributed by atoms with Gasteiger partial charge in [-0.3, -0.25) is 19.3 Å². The Bertz CT molecular complexity index is 1340. The Labute approximate surface area is 198 Å². The van der Waals surface area contributed by atoms with E-state index in [0.29, 0.717) is 11.3 Å². The number of furan rings is 1. The molecule has 0 spiro atoms. The number of rotatable bonds is 6. The fraction of sp³-hybridized carbons (Fsp3) is 0.167. The number of anilines is 2. The highest BCUT2D eigenvalue weighted by Crippen LogP contribution is 2.29. The topological polar surface area (TPSA) is 121 Å². The van der Waals surface area contributed by atoms with Gasteiger partial charge in [0, 0.05) is 5.69 Å². The summed E-state index contributed by atoms with van der Waals surface area (Å²) < 4.78 is 32.6. The molecule has 0 radical (unpaired) electrons. The molecule has 11 heteroatoms. The maximum absolute atomic E-state index is 14.2. The number of carbonyl (C=O) groups is 4. The van der Waals surface area contributed by atoms with Crippen LogP contribution in [0.1, 0.15) is 28.6 Å². The second-order valence-electron chi connectivity index (χ2n) is 8.04. The zero-order valence-electron chi connectivity index (χ0n) is 18.6. The van der Waals surface area contributed by atoms with E-state index in [1.165, 1.54) is 43.5 Å². The Morgan fingerprint density at radius 1 is 1.06 bits per heavy atom. The molecule has 1 saturated heterocycles. The first kappa shape index (κ1) is 23.6. The molecule has 0 aliphatic carbocycles. The Balaban J connectivity index is 1.45. The van der Waals surface area contributed by atoms with Crippen LogP contribution in [0.4, 0.5) is 25.0 Å². The molecule has 0 saturated carbocycles. The van der Waals surface area contributed by atoms with Gasteiger partial charge >= 0.3 is 6.03 Å². The molecule has 3 aromatic rings. The van der Waals surface area contributed by atoms with Crippen LogP contribution in [0.25, 0.3) is 0 Å². The van der Waals surface area contributed by atoms with Gasteiger partial charge in [-0.15, -0.1) is 0 Å². The lowest BCUT2D eigenvalue weighted by molar-refractivity contribution is -0.133. The van der Waals surface area contributed by atoms with Crippen LogP contribution in [-0.2, 0) is 15.1 Å². The van der Waals surface area contributed by atoms with Crippen LogP contribution in [0.5, 0.6) is 0 Å². The highest BCUT2D eigenvalue weighted by molar-refractivity contribution is 6.10. The quantitative estimate of drug-likeness (QED) is 0.465. The summed E-state index contributed by atoms with van der Waals surface area (Å²) in [5, 5.41) is 7.40. The van der Waals surface area contributed by atoms with Crippen molar-refractivity contribution in [2.75, 3.05) is 17.2 Å². The molecule has 1 aromatic heterocycles. The van der Waals surface area contributed by atoms with Crippen LogP contribution in [0.15, 0.2) is 59.2 Å². The summed E-state index contributed by atoms with van der Waals surface area (Å²) >= 11 is 0. The van der Waals surface area contributed by atoms with E-state index in [-0.39, 0.29) is 16.9 Å². The highest BCUT2D eigenvalue weighted by atomic mass is 19.1. The molecule has 4 rings (SSSR count). The molecule has 0 bridgehead atoms. The number of halogens is 2. The molecular formula is C24H20F2N4O5. The van der Waals surface area contributed by atoms with E-state index in [1.807, 2.05) is 0 Å². The number of carbonyl (C=O) groups excluding carboxylic acids is 4. The second kappa shape index (κ2) is 9.01. The molecule has 2 heterocycles. The van der Waals surface area contributed by atoms with Crippen molar-refractivity contribution in [3.8, 4) is 0 Å². The van der Waals surface area contributed by atoms with Crippen LogP contribution in [-0.4, -0.2) is 35.2 Å². The normalized spacial score (nSPS) is 17.3. The van der Waals surface area contributed by atoms with Crippen molar-refractivity contribution in [2.45, 2.75) is 19.4 Å². The standard InChI is InChI=1S/C24H20F2N4O5/c1-13-17(9-10-35-13)21(32)28-19-11-16(7-8-18(19)26)27-20(31)12-30-22(33)24(2,29-23(30)34)14-3-5-15(25)6-4-14/h3-11H,12H2,1-2H3,(H,27,31)(H,28,32)(H,29,34). The molecule has 9 nitrogen and oxygen atoms in total. The van der Waals surface area contributed by atoms with Crippen molar-refractivity contribution < 1.29 is 32.4 Å². The molecule has 3 N–H and O–H groups in total. The molecule has 2 aromatic carbocycles. The molecule has 1 unspecified atom stereocenters. The lowest BCUT2D eigenvalue weighted by Gasteiger charge is -2.22. The highest BCUT2D eigenvalue weighted by Gasteiger charge is 2.49. The molecule has 1 aliphatic rings. The predicted octanol–water partition coefficient (Wildman–Crippen LogP) is 3.52. The molecule has 1 atom stereocenters. The Morgan fingerprint density at radius 2 is 1.77 bits per heavy atom. The van der Waals surface area contributed by atoms with Crippen LogP contribution < -0.4 is 16.0 Å². The Kier molecular flexibility index (Phi) is 6.08. The smallest absolute Gasteiger partial charge is 0.325 e. The monoisotopic (exact) mass is 482 g/mol. The lowest BCUT2D eigenvalue weighted by Crippen LogP contribution is -2.42. The van der Waals surface area contributed by atoms with E-state index >= 15 is 0 Å². The van der Waals surface area contributed by atoms with Crippen molar-refractivity contribution in [1.29, 1.82) is 0 Å². The number of hydrogen-bond acceptors (Lipinski definition) is 5. The Morgan fingerprint density at radius 3 is 2.43 bits per heavy atom. The van der Waals surface area contributed by atoms with Gasteiger partial charge in [-0.1, -0.05) is 12.1 Å². The van der Waals surface area contributed by atoms with Gasteiger partial charge in [0.2, 0.25) is 5.91 Å². The average molecular weight is 482 g/mol. The molecule has 1 aliphatic heterocycles. The summed E-state index contributed by atoms with van der Waals surface area (Å²) in [6.45, 7) is 2.42. The van der Waals surface area contributed by atoms with Gasteiger partial charge in [0.1, 0.15) is 29.5 Å². The van der Waals surface area contributed by atoms with E-state index in [1.54, 1.807) is 6.92 Å². The summed E-state index contributed by atoms with van der Waals surface area (Å²) in [6.07, 6.45) is 1.33. The van der Waals surface area contributed by atoms with Crippen molar-refractivity contribution in [3.05, 3.63) is 83.3 Å². The third-order valence-corrected chi connectivity index (χ3v) is 5.60. The van der Waals surface area contributed by atoms with Gasteiger partial charge in [0.15, 0.2) is 0 Å². The number of nitrogens with one attached hydrogen (secondary N) is 3. The van der Waals surface area contributed by atoms with Gasteiger partial charge in [0.25, 0.3) is 11.8 Å². The number of imide groups is 1. The van der Waals surface area contributed by atoms with Crippen molar-refractivity contribution in [2.24, 2.45) is 0 Å². The first-order chi connectivity index (χ1) is 16.6.